The summed E-state index contributed by atoms with van der Waals surface area (Å²) in [6.45, 7) is 5.62. The van der Waals surface area contributed by atoms with Crippen molar-refractivity contribution < 1.29 is 48.7 Å². The van der Waals surface area contributed by atoms with Crippen molar-refractivity contribution in [2.75, 3.05) is 26.8 Å². The number of methoxy groups -OCH3 is 1. The third kappa shape index (κ3) is 4.16. The van der Waals surface area contributed by atoms with E-state index in [1.165, 1.54) is 14.0 Å². The minimum atomic E-state index is -1.28. The number of ketones is 1. The van der Waals surface area contributed by atoms with Crippen molar-refractivity contribution in [2.24, 2.45) is 22.7 Å². The molecule has 5 rings (SSSR count). The molecule has 5 aliphatic rings. The minimum Gasteiger partial charge on any atom is -0.504 e. The average Bonchev–Trinajstić information content (AvgIpc) is 3.18. The highest BCUT2D eigenvalue weighted by Gasteiger charge is 2.64. The van der Waals surface area contributed by atoms with Crippen LogP contribution < -0.4 is 0 Å². The van der Waals surface area contributed by atoms with Gasteiger partial charge >= 0.3 is 17.9 Å². The second kappa shape index (κ2) is 10.0. The van der Waals surface area contributed by atoms with E-state index in [2.05, 4.69) is 0 Å². The highest BCUT2D eigenvalue weighted by Crippen LogP contribution is 2.63. The number of carboxylic acids is 1. The van der Waals surface area contributed by atoms with Gasteiger partial charge in [0.2, 0.25) is 5.78 Å². The standard InChI is InChI=1S/C29H37NO10/c1-14(31)39-18-11-28(2)17(5-6-19(28)32)21-23(18)29(3)20(13-38-4)40-27(37)16(22(29)25(34)24(21)33)12-30-9-7-15(8-10-30)26(35)36/h12,15,17-20,32,34H,5-11,13H2,1-4H3,(H,35,36)/b16-12-. The fourth-order valence-electron chi connectivity index (χ4n) is 7.73. The van der Waals surface area contributed by atoms with Gasteiger partial charge < -0.3 is 34.4 Å². The van der Waals surface area contributed by atoms with Gasteiger partial charge in [0.05, 0.1) is 29.6 Å². The quantitative estimate of drug-likeness (QED) is 0.334. The lowest BCUT2D eigenvalue weighted by Crippen LogP contribution is -2.57. The lowest BCUT2D eigenvalue weighted by atomic mass is 9.53. The molecule has 6 atom stereocenters. The second-order valence-corrected chi connectivity index (χ2v) is 12.1. The second-order valence-electron chi connectivity index (χ2n) is 12.1. The highest BCUT2D eigenvalue weighted by molar-refractivity contribution is 6.13. The maximum Gasteiger partial charge on any atom is 0.340 e. The summed E-state index contributed by atoms with van der Waals surface area (Å²) in [7, 11) is 1.45. The molecule has 1 saturated carbocycles. The normalized spacial score (nSPS) is 37.2. The Bertz CT molecular complexity index is 1240. The van der Waals surface area contributed by atoms with Gasteiger partial charge in [-0.3, -0.25) is 14.4 Å². The van der Waals surface area contributed by atoms with Crippen LogP contribution in [0.4, 0.5) is 0 Å². The number of hydrogen-bond acceptors (Lipinski definition) is 10. The van der Waals surface area contributed by atoms with E-state index in [0.29, 0.717) is 49.9 Å². The number of piperidine rings is 1. The number of carboxylic acid groups (broad SMARTS) is 1. The van der Waals surface area contributed by atoms with Gasteiger partial charge in [0.25, 0.3) is 0 Å². The lowest BCUT2D eigenvalue weighted by molar-refractivity contribution is -0.161. The monoisotopic (exact) mass is 559 g/mol. The van der Waals surface area contributed by atoms with Crippen LogP contribution in [0.25, 0.3) is 0 Å². The third-order valence-corrected chi connectivity index (χ3v) is 9.85. The molecule has 40 heavy (non-hydrogen) atoms. The summed E-state index contributed by atoms with van der Waals surface area (Å²) in [5.41, 5.74) is -1.16. The number of rotatable bonds is 5. The lowest BCUT2D eigenvalue weighted by Gasteiger charge is -2.54. The Kier molecular flexibility index (Phi) is 7.11. The number of esters is 2. The predicted molar refractivity (Wildman–Crippen MR) is 139 cm³/mol. The molecule has 0 spiro atoms. The molecular weight excluding hydrogens is 522 g/mol. The van der Waals surface area contributed by atoms with Gasteiger partial charge in [0.1, 0.15) is 12.2 Å². The molecule has 0 bridgehead atoms. The summed E-state index contributed by atoms with van der Waals surface area (Å²) < 4.78 is 17.2. The van der Waals surface area contributed by atoms with Crippen LogP contribution in [-0.4, -0.2) is 89.0 Å². The molecule has 0 aromatic carbocycles. The van der Waals surface area contributed by atoms with Crippen molar-refractivity contribution in [1.82, 2.24) is 4.90 Å². The van der Waals surface area contributed by atoms with Crippen molar-refractivity contribution in [1.29, 1.82) is 0 Å². The van der Waals surface area contributed by atoms with Crippen LogP contribution in [0.2, 0.25) is 0 Å². The molecule has 0 radical (unpaired) electrons. The van der Waals surface area contributed by atoms with Gasteiger partial charge in [-0.05, 0) is 50.5 Å². The van der Waals surface area contributed by atoms with Gasteiger partial charge in [-0.1, -0.05) is 6.92 Å². The molecule has 11 heteroatoms. The van der Waals surface area contributed by atoms with Gasteiger partial charge in [0.15, 0.2) is 5.76 Å². The number of allylic oxidation sites excluding steroid dienone is 1. The number of nitrogens with zero attached hydrogens (tertiary/aromatic N) is 1. The summed E-state index contributed by atoms with van der Waals surface area (Å²) in [6, 6.07) is 0. The first-order valence-corrected chi connectivity index (χ1v) is 13.8. The van der Waals surface area contributed by atoms with Gasteiger partial charge in [-0.2, -0.15) is 0 Å². The first kappa shape index (κ1) is 28.4. The predicted octanol–water partition coefficient (Wildman–Crippen LogP) is 2.05. The summed E-state index contributed by atoms with van der Waals surface area (Å²) in [6.07, 6.45) is 0.987. The molecule has 2 saturated heterocycles. The van der Waals surface area contributed by atoms with E-state index >= 15 is 0 Å². The Labute approximate surface area is 232 Å². The fraction of sp³-hybridized carbons (Fsp3) is 0.655. The Morgan fingerprint density at radius 1 is 1.15 bits per heavy atom. The molecule has 3 fully saturated rings. The fourth-order valence-corrected chi connectivity index (χ4v) is 7.73. The van der Waals surface area contributed by atoms with Crippen molar-refractivity contribution in [3.05, 3.63) is 34.3 Å². The smallest absolute Gasteiger partial charge is 0.340 e. The van der Waals surface area contributed by atoms with Gasteiger partial charge in [-0.15, -0.1) is 0 Å². The van der Waals surface area contributed by atoms with Crippen molar-refractivity contribution in [2.45, 2.75) is 71.2 Å². The largest absolute Gasteiger partial charge is 0.504 e. The van der Waals surface area contributed by atoms with E-state index in [1.54, 1.807) is 18.0 Å². The topological polar surface area (TPSA) is 160 Å². The Morgan fingerprint density at radius 3 is 2.42 bits per heavy atom. The first-order valence-electron chi connectivity index (χ1n) is 13.8. The number of fused-ring (bicyclic) bond motifs is 4. The zero-order valence-electron chi connectivity index (χ0n) is 23.3. The van der Waals surface area contributed by atoms with Crippen LogP contribution in [0.15, 0.2) is 34.3 Å². The van der Waals surface area contributed by atoms with Crippen molar-refractivity contribution in [3.8, 4) is 0 Å². The summed E-state index contributed by atoms with van der Waals surface area (Å²) >= 11 is 0. The number of Topliss-reactive ketones (excluding diaryl/α,β-unsaturated/α-hetero) is 1. The van der Waals surface area contributed by atoms with Gasteiger partial charge in [-0.25, -0.2) is 4.79 Å². The Hall–Kier alpha value is -3.18. The van der Waals surface area contributed by atoms with Crippen LogP contribution in [0, 0.1) is 22.7 Å². The number of aliphatic carboxylic acids is 1. The van der Waals surface area contributed by atoms with E-state index in [1.807, 2.05) is 6.92 Å². The first-order chi connectivity index (χ1) is 18.8. The molecule has 6 unspecified atom stereocenters. The van der Waals surface area contributed by atoms with Crippen LogP contribution in [0.3, 0.4) is 0 Å². The number of ether oxygens (including phenoxy) is 3. The molecule has 0 aromatic rings. The molecule has 218 valence electrons. The molecular formula is C29H37NO10. The van der Waals surface area contributed by atoms with Crippen LogP contribution in [-0.2, 0) is 33.4 Å². The van der Waals surface area contributed by atoms with E-state index < -0.39 is 64.5 Å². The van der Waals surface area contributed by atoms with Crippen molar-refractivity contribution >= 4 is 23.7 Å². The van der Waals surface area contributed by atoms with Crippen LogP contribution >= 0.6 is 0 Å². The SMILES string of the molecule is COCC1OC(=O)/C(=C\N2CCC(C(=O)O)CC2)C2=C(O)C(=O)C3=C(C(OC(C)=O)CC4(C)C(O)CCC34)C21C. The molecule has 0 aromatic heterocycles. The highest BCUT2D eigenvalue weighted by atomic mass is 16.6. The van der Waals surface area contributed by atoms with Crippen LogP contribution in [0.1, 0.15) is 52.9 Å². The molecule has 2 heterocycles. The minimum absolute atomic E-state index is 0.00222. The zero-order valence-corrected chi connectivity index (χ0v) is 23.3. The number of aliphatic hydroxyl groups excluding tert-OH is 2. The zero-order chi connectivity index (χ0) is 29.1. The third-order valence-electron chi connectivity index (χ3n) is 9.85. The maximum absolute atomic E-state index is 14.0. The number of carbonyl (C=O) groups excluding carboxylic acids is 3. The number of aliphatic hydroxyl groups is 2. The number of carbonyl (C=O) groups is 4. The number of cyclic esters (lactones) is 1. The summed E-state index contributed by atoms with van der Waals surface area (Å²) in [5.74, 6) is -4.25. The average molecular weight is 560 g/mol. The Morgan fingerprint density at radius 2 is 1.82 bits per heavy atom. The van der Waals surface area contributed by atoms with E-state index in [0.717, 1.165) is 0 Å². The number of likely N-dealkylation sites (tertiary alicyclic amines) is 1. The molecule has 2 aliphatic heterocycles. The maximum atomic E-state index is 14.0. The van der Waals surface area contributed by atoms with E-state index in [9.17, 15) is 34.5 Å². The Balaban J connectivity index is 1.68. The number of hydrogen-bond donors (Lipinski definition) is 3. The van der Waals surface area contributed by atoms with Crippen LogP contribution in [0.5, 0.6) is 0 Å². The summed E-state index contributed by atoms with van der Waals surface area (Å²) in [4.78, 5) is 53.0. The van der Waals surface area contributed by atoms with E-state index in [4.69, 9.17) is 14.2 Å². The van der Waals surface area contributed by atoms with Gasteiger partial charge in [0, 0.05) is 49.9 Å². The molecule has 11 nitrogen and oxygen atoms in total. The molecule has 3 N–H and O–H groups in total. The van der Waals surface area contributed by atoms with E-state index in [-0.39, 0.29) is 30.1 Å². The molecule has 0 amide bonds. The molecule has 3 aliphatic carbocycles. The summed E-state index contributed by atoms with van der Waals surface area (Å²) in [5, 5.41) is 31.9. The van der Waals surface area contributed by atoms with Crippen molar-refractivity contribution in [3.63, 3.8) is 0 Å².